The molecule has 3 atom stereocenters. The van der Waals surface area contributed by atoms with Crippen molar-refractivity contribution >= 4 is 17.7 Å². The van der Waals surface area contributed by atoms with Gasteiger partial charge in [0.1, 0.15) is 11.5 Å². The Morgan fingerprint density at radius 2 is 1.56 bits per heavy atom. The van der Waals surface area contributed by atoms with Gasteiger partial charge in [0, 0.05) is 22.5 Å². The summed E-state index contributed by atoms with van der Waals surface area (Å²) in [5.74, 6) is -4.10. The van der Waals surface area contributed by atoms with Crippen LogP contribution in [-0.2, 0) is 10.2 Å². The average molecular weight is 603 g/mol. The Morgan fingerprint density at radius 3 is 2.17 bits per heavy atom. The van der Waals surface area contributed by atoms with Crippen LogP contribution in [0.1, 0.15) is 81.8 Å². The molecule has 0 saturated heterocycles. The normalized spacial score (nSPS) is 19.9. The van der Waals surface area contributed by atoms with Crippen molar-refractivity contribution in [1.82, 2.24) is 0 Å². The van der Waals surface area contributed by atoms with Crippen molar-refractivity contribution in [2.75, 3.05) is 20.0 Å². The predicted molar refractivity (Wildman–Crippen MR) is 150 cm³/mol. The van der Waals surface area contributed by atoms with E-state index in [0.717, 1.165) is 42.9 Å². The fourth-order valence-electron chi connectivity index (χ4n) is 5.65. The zero-order valence-electron chi connectivity index (χ0n) is 23.7. The molecule has 0 amide bonds. The summed E-state index contributed by atoms with van der Waals surface area (Å²) in [4.78, 5) is 12.8. The van der Waals surface area contributed by atoms with E-state index in [9.17, 15) is 31.9 Å². The lowest BCUT2D eigenvalue weighted by Gasteiger charge is -2.43. The number of alkyl halides is 5. The number of hydrogen-bond donors (Lipinski definition) is 1. The number of benzene rings is 2. The number of aliphatic carboxylic acids is 1. The topological polar surface area (TPSA) is 55.8 Å². The minimum absolute atomic E-state index is 0.120. The van der Waals surface area contributed by atoms with Gasteiger partial charge in [0.2, 0.25) is 0 Å². The molecule has 10 heteroatoms. The maximum atomic E-state index is 13.2. The van der Waals surface area contributed by atoms with Crippen LogP contribution >= 0.6 is 11.8 Å². The number of halogens is 5. The Bertz CT molecular complexity index is 1140. The van der Waals surface area contributed by atoms with E-state index >= 15 is 0 Å². The van der Waals surface area contributed by atoms with Crippen molar-refractivity contribution in [3.63, 3.8) is 0 Å². The largest absolute Gasteiger partial charge is 0.497 e. The molecule has 0 aromatic heterocycles. The van der Waals surface area contributed by atoms with Gasteiger partial charge in [0.15, 0.2) is 0 Å². The molecular weight excluding hydrogens is 563 g/mol. The zero-order valence-corrected chi connectivity index (χ0v) is 24.6. The Kier molecular flexibility index (Phi) is 11.4. The molecule has 1 aliphatic rings. The van der Waals surface area contributed by atoms with E-state index in [-0.39, 0.29) is 24.2 Å². The van der Waals surface area contributed by atoms with Crippen molar-refractivity contribution in [2.45, 2.75) is 93.0 Å². The van der Waals surface area contributed by atoms with Gasteiger partial charge in [-0.3, -0.25) is 4.79 Å². The van der Waals surface area contributed by atoms with Crippen LogP contribution in [0.3, 0.4) is 0 Å². The van der Waals surface area contributed by atoms with Crippen LogP contribution in [-0.4, -0.2) is 43.1 Å². The number of thioether (sulfide) groups is 1. The van der Waals surface area contributed by atoms with Crippen molar-refractivity contribution < 1.29 is 41.3 Å². The number of rotatable bonds is 15. The van der Waals surface area contributed by atoms with Gasteiger partial charge in [0.25, 0.3) is 0 Å². The van der Waals surface area contributed by atoms with Crippen molar-refractivity contribution in [3.05, 3.63) is 53.6 Å². The summed E-state index contributed by atoms with van der Waals surface area (Å²) in [6, 6.07) is 14.4. The first kappa shape index (κ1) is 33.0. The van der Waals surface area contributed by atoms with Crippen LogP contribution in [0.15, 0.2) is 47.4 Å². The number of unbranched alkanes of at least 4 members (excludes halogenated alkanes) is 3. The van der Waals surface area contributed by atoms with Crippen LogP contribution in [0.2, 0.25) is 0 Å². The van der Waals surface area contributed by atoms with Gasteiger partial charge in [-0.15, -0.1) is 11.8 Å². The Morgan fingerprint density at radius 1 is 0.951 bits per heavy atom. The summed E-state index contributed by atoms with van der Waals surface area (Å²) < 4.78 is 74.3. The summed E-state index contributed by atoms with van der Waals surface area (Å²) in [5.41, 5.74) is 2.39. The van der Waals surface area contributed by atoms with Gasteiger partial charge < -0.3 is 14.6 Å². The molecule has 4 nitrogen and oxygen atoms in total. The SMILES string of the molecule is COc1ccc(C2(C)CSc3cc(OC)ccc3C2CCCCCCC(CCCC(F)(F)C(F)(F)F)C(=O)O)cc1. The molecule has 0 aliphatic carbocycles. The van der Waals surface area contributed by atoms with Crippen LogP contribution in [0.5, 0.6) is 11.5 Å². The summed E-state index contributed by atoms with van der Waals surface area (Å²) in [5, 5.41) is 9.44. The molecule has 0 bridgehead atoms. The number of carbonyl (C=O) groups is 1. The number of carboxylic acid groups (broad SMARTS) is 1. The lowest BCUT2D eigenvalue weighted by atomic mass is 9.68. The molecule has 0 spiro atoms. The standard InChI is InChI=1S/C31H39F5O4S/c1-29(22-12-14-23(39-2)15-13-22)20-41-27-19-24(40-3)16-17-25(27)26(29)11-7-5-4-6-9-21(28(37)38)10-8-18-30(32,33)31(34,35)36/h12-17,19,21,26H,4-11,18,20H2,1-3H3,(H,37,38). The third kappa shape index (κ3) is 8.30. The zero-order chi connectivity index (χ0) is 30.3. The van der Waals surface area contributed by atoms with Gasteiger partial charge in [-0.1, -0.05) is 50.8 Å². The number of carboxylic acids is 1. The van der Waals surface area contributed by atoms with E-state index in [0.29, 0.717) is 6.42 Å². The first-order valence-corrected chi connectivity index (χ1v) is 14.9. The first-order chi connectivity index (χ1) is 19.3. The second-order valence-corrected chi connectivity index (χ2v) is 12.0. The number of fused-ring (bicyclic) bond motifs is 1. The van der Waals surface area contributed by atoms with Crippen LogP contribution < -0.4 is 9.47 Å². The highest BCUT2D eigenvalue weighted by Crippen LogP contribution is 2.52. The Labute approximate surface area is 243 Å². The number of methoxy groups -OCH3 is 2. The second kappa shape index (κ2) is 14.1. The average Bonchev–Trinajstić information content (AvgIpc) is 2.93. The quantitative estimate of drug-likeness (QED) is 0.163. The van der Waals surface area contributed by atoms with E-state index in [2.05, 4.69) is 31.2 Å². The van der Waals surface area contributed by atoms with E-state index in [4.69, 9.17) is 9.47 Å². The lowest BCUT2D eigenvalue weighted by molar-refractivity contribution is -0.284. The minimum Gasteiger partial charge on any atom is -0.497 e. The van der Waals surface area contributed by atoms with Crippen molar-refractivity contribution in [2.24, 2.45) is 5.92 Å². The van der Waals surface area contributed by atoms with Gasteiger partial charge >= 0.3 is 18.1 Å². The monoisotopic (exact) mass is 602 g/mol. The Balaban J connectivity index is 1.58. The summed E-state index contributed by atoms with van der Waals surface area (Å²) >= 11 is 1.82. The number of ether oxygens (including phenoxy) is 2. The van der Waals surface area contributed by atoms with Crippen LogP contribution in [0, 0.1) is 5.92 Å². The highest BCUT2D eigenvalue weighted by Gasteiger charge is 2.56. The molecule has 0 fully saturated rings. The highest BCUT2D eigenvalue weighted by molar-refractivity contribution is 7.99. The van der Waals surface area contributed by atoms with Crippen molar-refractivity contribution in [3.8, 4) is 11.5 Å². The summed E-state index contributed by atoms with van der Waals surface area (Å²) in [7, 11) is 3.30. The lowest BCUT2D eigenvalue weighted by Crippen LogP contribution is -2.36. The van der Waals surface area contributed by atoms with Gasteiger partial charge in [-0.25, -0.2) is 0 Å². The predicted octanol–water partition coefficient (Wildman–Crippen LogP) is 9.26. The molecular formula is C31H39F5O4S. The van der Waals surface area contributed by atoms with Gasteiger partial charge in [0.05, 0.1) is 20.1 Å². The number of hydrogen-bond acceptors (Lipinski definition) is 4. The van der Waals surface area contributed by atoms with Crippen LogP contribution in [0.4, 0.5) is 22.0 Å². The van der Waals surface area contributed by atoms with Crippen LogP contribution in [0.25, 0.3) is 0 Å². The molecule has 3 rings (SSSR count). The smallest absolute Gasteiger partial charge is 0.453 e. The molecule has 41 heavy (non-hydrogen) atoms. The van der Waals surface area contributed by atoms with Gasteiger partial charge in [-0.05, 0) is 67.0 Å². The molecule has 228 valence electrons. The first-order valence-electron chi connectivity index (χ1n) is 13.9. The van der Waals surface area contributed by atoms with E-state index < -0.39 is 36.8 Å². The molecule has 2 aromatic carbocycles. The fraction of sp³-hybridized carbons (Fsp3) is 0.581. The molecule has 0 radical (unpaired) electrons. The molecule has 1 aliphatic heterocycles. The Hall–Kier alpha value is -2.49. The van der Waals surface area contributed by atoms with E-state index in [1.54, 1.807) is 14.2 Å². The third-order valence-electron chi connectivity index (χ3n) is 8.24. The fourth-order valence-corrected chi connectivity index (χ4v) is 7.05. The van der Waals surface area contributed by atoms with Gasteiger partial charge in [-0.2, -0.15) is 22.0 Å². The van der Waals surface area contributed by atoms with Crippen molar-refractivity contribution in [1.29, 1.82) is 0 Å². The summed E-state index contributed by atoms with van der Waals surface area (Å²) in [6.07, 6.45) is -3.36. The maximum absolute atomic E-state index is 13.2. The molecule has 3 unspecified atom stereocenters. The maximum Gasteiger partial charge on any atom is 0.453 e. The summed E-state index contributed by atoms with van der Waals surface area (Å²) in [6.45, 7) is 2.29. The third-order valence-corrected chi connectivity index (χ3v) is 9.65. The molecule has 2 aromatic rings. The highest BCUT2D eigenvalue weighted by atomic mass is 32.2. The molecule has 1 N–H and O–H groups in total. The molecule has 1 heterocycles. The van der Waals surface area contributed by atoms with E-state index in [1.807, 2.05) is 30.0 Å². The minimum atomic E-state index is -5.61. The molecule has 0 saturated carbocycles. The second-order valence-electron chi connectivity index (χ2n) is 11.0. The van der Waals surface area contributed by atoms with E-state index in [1.165, 1.54) is 16.0 Å².